The summed E-state index contributed by atoms with van der Waals surface area (Å²) in [4.78, 5) is 28.2. The van der Waals surface area contributed by atoms with Gasteiger partial charge in [0.05, 0.1) is 11.3 Å². The van der Waals surface area contributed by atoms with Crippen LogP contribution in [0.1, 0.15) is 31.9 Å². The van der Waals surface area contributed by atoms with Gasteiger partial charge >= 0.3 is 12.1 Å². The number of carbonyl (C=O) groups is 2. The Morgan fingerprint density at radius 1 is 1.13 bits per heavy atom. The minimum Gasteiger partial charge on any atom is -0.481 e. The summed E-state index contributed by atoms with van der Waals surface area (Å²) in [5.74, 6) is -0.464. The Kier molecular flexibility index (Phi) is 9.79. The lowest BCUT2D eigenvalue weighted by Gasteiger charge is -2.21. The summed E-state index contributed by atoms with van der Waals surface area (Å²) in [6, 6.07) is 10.2. The average Bonchev–Trinajstić information content (AvgIpc) is 3.15. The van der Waals surface area contributed by atoms with Crippen molar-refractivity contribution in [2.75, 3.05) is 13.2 Å². The van der Waals surface area contributed by atoms with Crippen molar-refractivity contribution >= 4 is 31.2 Å². The maximum absolute atomic E-state index is 11.9. The molecule has 2 heterocycles. The summed E-state index contributed by atoms with van der Waals surface area (Å²) in [7, 11) is -1.15. The van der Waals surface area contributed by atoms with Crippen molar-refractivity contribution in [2.45, 2.75) is 72.1 Å². The smallest absolute Gasteiger partial charge is 0.407 e. The number of rotatable bonds is 12. The quantitative estimate of drug-likeness (QED) is 0.202. The van der Waals surface area contributed by atoms with Crippen molar-refractivity contribution in [3.05, 3.63) is 53.9 Å². The van der Waals surface area contributed by atoms with Crippen LogP contribution in [0.4, 0.5) is 4.79 Å². The number of alkyl carbamates (subject to hydrolysis) is 1. The number of aromatic nitrogens is 2. The maximum atomic E-state index is 11.9. The van der Waals surface area contributed by atoms with Gasteiger partial charge in [-0.15, -0.1) is 0 Å². The predicted molar refractivity (Wildman–Crippen MR) is 154 cm³/mol. The first-order chi connectivity index (χ1) is 18.2. The minimum atomic E-state index is -1.15. The molecule has 3 rings (SSSR count). The lowest BCUT2D eigenvalue weighted by atomic mass is 9.99. The second-order valence-corrected chi connectivity index (χ2v) is 17.6. The van der Waals surface area contributed by atoms with Crippen LogP contribution in [0.15, 0.2) is 42.7 Å². The standard InChI is InChI=1S/C29H41N3O6Si/c1-20-18-32(19-36-14-15-39(5,6)7)26-25(20)24(12-13-30-26)37-23-10-8-21(9-11-23)16-22(27(33)34)17-31-28(35)38-29(2,3)4/h8-13,18,22H,14-17,19H2,1-7H3,(H,31,35)(H,33,34). The van der Waals surface area contributed by atoms with Crippen LogP contribution in [0.5, 0.6) is 11.5 Å². The van der Waals surface area contributed by atoms with Crippen molar-refractivity contribution in [3.8, 4) is 11.5 Å². The van der Waals surface area contributed by atoms with Gasteiger partial charge in [-0.1, -0.05) is 31.8 Å². The molecule has 1 aromatic carbocycles. The van der Waals surface area contributed by atoms with Crippen molar-refractivity contribution in [1.29, 1.82) is 0 Å². The summed E-state index contributed by atoms with van der Waals surface area (Å²) in [5.41, 5.74) is 2.01. The van der Waals surface area contributed by atoms with Crippen molar-refractivity contribution in [3.63, 3.8) is 0 Å². The summed E-state index contributed by atoms with van der Waals surface area (Å²) >= 11 is 0. The Labute approximate surface area is 231 Å². The number of hydrogen-bond acceptors (Lipinski definition) is 6. The number of aryl methyl sites for hydroxylation is 1. The van der Waals surface area contributed by atoms with E-state index in [0.29, 0.717) is 18.2 Å². The number of carboxylic acids is 1. The van der Waals surface area contributed by atoms with Gasteiger partial charge in [0.2, 0.25) is 0 Å². The molecule has 0 aliphatic heterocycles. The van der Waals surface area contributed by atoms with Crippen LogP contribution in [-0.4, -0.2) is 53.5 Å². The molecule has 0 saturated carbocycles. The normalized spacial score (nSPS) is 12.8. The van der Waals surface area contributed by atoms with Crippen LogP contribution < -0.4 is 10.1 Å². The highest BCUT2D eigenvalue weighted by Crippen LogP contribution is 2.32. The molecular formula is C29H41N3O6Si. The molecule has 39 heavy (non-hydrogen) atoms. The van der Waals surface area contributed by atoms with Gasteiger partial charge in [-0.3, -0.25) is 4.79 Å². The fourth-order valence-electron chi connectivity index (χ4n) is 3.98. The molecule has 0 radical (unpaired) electrons. The molecule has 2 N–H and O–H groups in total. The number of nitrogens with one attached hydrogen (secondary N) is 1. The third kappa shape index (κ3) is 9.40. The number of benzene rings is 1. The molecule has 0 aliphatic carbocycles. The third-order valence-electron chi connectivity index (χ3n) is 6.01. The van der Waals surface area contributed by atoms with Crippen LogP contribution in [0.3, 0.4) is 0 Å². The molecule has 1 unspecified atom stereocenters. The van der Waals surface area contributed by atoms with E-state index in [1.807, 2.05) is 48.0 Å². The molecule has 9 nitrogen and oxygen atoms in total. The summed E-state index contributed by atoms with van der Waals surface area (Å²) in [6.07, 6.45) is 3.37. The largest absolute Gasteiger partial charge is 0.481 e. The summed E-state index contributed by atoms with van der Waals surface area (Å²) in [5, 5.41) is 13.1. The lowest BCUT2D eigenvalue weighted by molar-refractivity contribution is -0.141. The molecule has 0 saturated heterocycles. The number of amides is 1. The van der Waals surface area contributed by atoms with E-state index in [-0.39, 0.29) is 13.0 Å². The Morgan fingerprint density at radius 2 is 1.82 bits per heavy atom. The number of nitrogens with zero attached hydrogens (tertiary/aromatic N) is 2. The molecule has 1 atom stereocenters. The van der Waals surface area contributed by atoms with Gasteiger partial charge in [0.1, 0.15) is 29.5 Å². The second kappa shape index (κ2) is 12.7. The van der Waals surface area contributed by atoms with Crippen LogP contribution in [0.25, 0.3) is 11.0 Å². The molecule has 2 aromatic heterocycles. The van der Waals surface area contributed by atoms with E-state index in [4.69, 9.17) is 14.2 Å². The first-order valence-electron chi connectivity index (χ1n) is 13.2. The molecule has 10 heteroatoms. The Morgan fingerprint density at radius 3 is 2.44 bits per heavy atom. The number of pyridine rings is 1. The zero-order valence-corrected chi connectivity index (χ0v) is 25.0. The highest BCUT2D eigenvalue weighted by atomic mass is 28.3. The number of carboxylic acid groups (broad SMARTS) is 1. The first-order valence-corrected chi connectivity index (χ1v) is 16.9. The van der Waals surface area contributed by atoms with Crippen LogP contribution in [-0.2, 0) is 27.4 Å². The van der Waals surface area contributed by atoms with Gasteiger partial charge in [0, 0.05) is 33.6 Å². The summed E-state index contributed by atoms with van der Waals surface area (Å²) in [6.45, 7) is 15.4. The molecule has 3 aromatic rings. The van der Waals surface area contributed by atoms with E-state index >= 15 is 0 Å². The van der Waals surface area contributed by atoms with E-state index in [9.17, 15) is 14.7 Å². The highest BCUT2D eigenvalue weighted by molar-refractivity contribution is 6.76. The Hall–Kier alpha value is -3.37. The molecule has 1 amide bonds. The van der Waals surface area contributed by atoms with Crippen molar-refractivity contribution < 1.29 is 28.9 Å². The molecule has 0 bridgehead atoms. The van der Waals surface area contributed by atoms with Gasteiger partial charge in [-0.2, -0.15) is 0 Å². The Balaban J connectivity index is 1.65. The van der Waals surface area contributed by atoms with Gasteiger partial charge in [0.15, 0.2) is 0 Å². The van der Waals surface area contributed by atoms with Crippen LogP contribution in [0.2, 0.25) is 25.7 Å². The summed E-state index contributed by atoms with van der Waals surface area (Å²) < 4.78 is 19.3. The number of fused-ring (bicyclic) bond motifs is 1. The molecule has 212 valence electrons. The van der Waals surface area contributed by atoms with E-state index < -0.39 is 31.7 Å². The number of ether oxygens (including phenoxy) is 3. The van der Waals surface area contributed by atoms with Crippen LogP contribution >= 0.6 is 0 Å². The Bertz CT molecular complexity index is 1280. The highest BCUT2D eigenvalue weighted by Gasteiger charge is 2.22. The van der Waals surface area contributed by atoms with Gasteiger partial charge in [0.25, 0.3) is 0 Å². The molecule has 0 aliphatic rings. The zero-order chi connectivity index (χ0) is 28.8. The van der Waals surface area contributed by atoms with E-state index in [1.165, 1.54) is 0 Å². The van der Waals surface area contributed by atoms with Gasteiger partial charge < -0.3 is 29.2 Å². The van der Waals surface area contributed by atoms with Crippen LogP contribution in [0, 0.1) is 12.8 Å². The fourth-order valence-corrected chi connectivity index (χ4v) is 4.74. The SMILES string of the molecule is Cc1cn(COCC[Si](C)(C)C)c2nccc(Oc3ccc(CC(CNC(=O)OC(C)(C)C)C(=O)O)cc3)c12. The van der Waals surface area contributed by atoms with E-state index in [2.05, 4.69) is 29.9 Å². The first kappa shape index (κ1) is 30.2. The predicted octanol–water partition coefficient (Wildman–Crippen LogP) is 6.22. The van der Waals surface area contributed by atoms with Gasteiger partial charge in [-0.05, 0) is 69.5 Å². The number of aliphatic carboxylic acids is 1. The maximum Gasteiger partial charge on any atom is 0.407 e. The topological polar surface area (TPSA) is 112 Å². The fraction of sp³-hybridized carbons (Fsp3) is 0.483. The molecular weight excluding hydrogens is 514 g/mol. The van der Waals surface area contributed by atoms with Crippen molar-refractivity contribution in [2.24, 2.45) is 5.92 Å². The average molecular weight is 556 g/mol. The number of carbonyl (C=O) groups excluding carboxylic acids is 1. The van der Waals surface area contributed by atoms with Gasteiger partial charge in [-0.25, -0.2) is 9.78 Å². The zero-order valence-electron chi connectivity index (χ0n) is 24.0. The second-order valence-electron chi connectivity index (χ2n) is 12.0. The van der Waals surface area contributed by atoms with E-state index in [0.717, 1.165) is 34.8 Å². The minimum absolute atomic E-state index is 0.0321. The van der Waals surface area contributed by atoms with Crippen molar-refractivity contribution in [1.82, 2.24) is 14.9 Å². The number of hydrogen-bond donors (Lipinski definition) is 2. The van der Waals surface area contributed by atoms with E-state index in [1.54, 1.807) is 27.0 Å². The molecule has 0 spiro atoms. The third-order valence-corrected chi connectivity index (χ3v) is 7.71. The monoisotopic (exact) mass is 555 g/mol. The lowest BCUT2D eigenvalue weighted by Crippen LogP contribution is -2.37. The molecule has 0 fully saturated rings.